The van der Waals surface area contributed by atoms with Crippen molar-refractivity contribution >= 4 is 0 Å². The number of hydrogen-bond donors (Lipinski definition) is 1. The van der Waals surface area contributed by atoms with Gasteiger partial charge in [0.25, 0.3) is 0 Å². The molecule has 0 fully saturated rings. The summed E-state index contributed by atoms with van der Waals surface area (Å²) in [4.78, 5) is 0. The Labute approximate surface area is 106 Å². The molecule has 0 heterocycles. The molecule has 0 unspecified atom stereocenters. The molecule has 0 saturated carbocycles. The maximum Gasteiger partial charge on any atom is 0.119 e. The van der Waals surface area contributed by atoms with Crippen LogP contribution >= 0.6 is 0 Å². The summed E-state index contributed by atoms with van der Waals surface area (Å²) in [6, 6.07) is 8.35. The van der Waals surface area contributed by atoms with E-state index in [1.807, 2.05) is 26.0 Å². The lowest BCUT2D eigenvalue weighted by molar-refractivity contribution is 0.315. The van der Waals surface area contributed by atoms with Gasteiger partial charge >= 0.3 is 0 Å². The quantitative estimate of drug-likeness (QED) is 0.759. The lowest BCUT2D eigenvalue weighted by Crippen LogP contribution is -2.20. The minimum Gasteiger partial charge on any atom is -0.492 e. The van der Waals surface area contributed by atoms with Crippen LogP contribution in [0.15, 0.2) is 24.3 Å². The third-order valence-electron chi connectivity index (χ3n) is 2.34. The Morgan fingerprint density at radius 2 is 1.71 bits per heavy atom. The van der Waals surface area contributed by atoms with E-state index in [0.717, 1.165) is 25.4 Å². The van der Waals surface area contributed by atoms with E-state index in [0.29, 0.717) is 5.92 Å². The number of rotatable bonds is 6. The van der Waals surface area contributed by atoms with E-state index in [1.165, 1.54) is 5.56 Å². The average molecular weight is 237 g/mol. The topological polar surface area (TPSA) is 21.3 Å². The summed E-state index contributed by atoms with van der Waals surface area (Å²) < 4.78 is 5.58. The highest BCUT2D eigenvalue weighted by Crippen LogP contribution is 2.18. The third kappa shape index (κ3) is 7.01. The molecule has 0 aliphatic rings. The Morgan fingerprint density at radius 1 is 1.12 bits per heavy atom. The van der Waals surface area contributed by atoms with Crippen LogP contribution in [0.4, 0.5) is 0 Å². The van der Waals surface area contributed by atoms with Gasteiger partial charge in [-0.25, -0.2) is 0 Å². The van der Waals surface area contributed by atoms with E-state index in [-0.39, 0.29) is 0 Å². The molecule has 0 spiro atoms. The van der Waals surface area contributed by atoms with E-state index in [2.05, 4.69) is 38.2 Å². The van der Waals surface area contributed by atoms with Gasteiger partial charge in [-0.3, -0.25) is 0 Å². The van der Waals surface area contributed by atoms with Gasteiger partial charge in [-0.05, 0) is 30.2 Å². The van der Waals surface area contributed by atoms with Crippen LogP contribution in [0.1, 0.15) is 46.1 Å². The molecule has 0 aliphatic carbocycles. The van der Waals surface area contributed by atoms with Gasteiger partial charge in [0.1, 0.15) is 12.4 Å². The van der Waals surface area contributed by atoms with Gasteiger partial charge in [-0.1, -0.05) is 46.8 Å². The molecule has 1 aromatic carbocycles. The molecule has 0 bridgehead atoms. The first-order valence-corrected chi connectivity index (χ1v) is 6.67. The second-order valence-electron chi connectivity index (χ2n) is 3.93. The van der Waals surface area contributed by atoms with Crippen molar-refractivity contribution in [2.24, 2.45) is 0 Å². The minimum atomic E-state index is 0.584. The van der Waals surface area contributed by atoms with Gasteiger partial charge < -0.3 is 10.1 Å². The predicted octanol–water partition coefficient (Wildman–Crippen LogP) is 3.82. The average Bonchev–Trinajstić information content (AvgIpc) is 2.38. The first-order chi connectivity index (χ1) is 8.24. The number of likely N-dealkylation sites (N-methyl/N-ethyl adjacent to an activating group) is 1. The molecule has 1 N–H and O–H groups in total. The highest BCUT2D eigenvalue weighted by Gasteiger charge is 1.98. The number of hydrogen-bond acceptors (Lipinski definition) is 2. The minimum absolute atomic E-state index is 0.584. The van der Waals surface area contributed by atoms with Crippen molar-refractivity contribution in [3.63, 3.8) is 0 Å². The first-order valence-electron chi connectivity index (χ1n) is 6.67. The van der Waals surface area contributed by atoms with Crippen LogP contribution in [0.3, 0.4) is 0 Å². The van der Waals surface area contributed by atoms with E-state index in [4.69, 9.17) is 4.74 Å². The number of benzene rings is 1. The Hall–Kier alpha value is -1.02. The predicted molar refractivity (Wildman–Crippen MR) is 75.9 cm³/mol. The highest BCUT2D eigenvalue weighted by molar-refractivity contribution is 5.28. The summed E-state index contributed by atoms with van der Waals surface area (Å²) in [5, 5.41) is 3.22. The Bertz CT molecular complexity index is 267. The molecule has 1 rings (SSSR count). The van der Waals surface area contributed by atoms with E-state index < -0.39 is 0 Å². The summed E-state index contributed by atoms with van der Waals surface area (Å²) in [6.45, 7) is 13.1. The maximum atomic E-state index is 5.58. The third-order valence-corrected chi connectivity index (χ3v) is 2.34. The molecule has 0 aliphatic heterocycles. The fourth-order valence-corrected chi connectivity index (χ4v) is 1.37. The lowest BCUT2D eigenvalue weighted by atomic mass is 10.0. The van der Waals surface area contributed by atoms with Crippen molar-refractivity contribution in [1.82, 2.24) is 5.32 Å². The van der Waals surface area contributed by atoms with Gasteiger partial charge in [-0.2, -0.15) is 0 Å². The molecular weight excluding hydrogens is 210 g/mol. The zero-order valence-electron chi connectivity index (χ0n) is 11.9. The second-order valence-corrected chi connectivity index (χ2v) is 3.93. The zero-order valence-corrected chi connectivity index (χ0v) is 11.9. The van der Waals surface area contributed by atoms with Crippen LogP contribution in [-0.2, 0) is 0 Å². The first kappa shape index (κ1) is 16.0. The Kier molecular flexibility index (Phi) is 9.55. The standard InChI is InChI=1S/C13H21NO.C2H6/c1-4-14-9-10-15-13-7-5-12(6-8-13)11(2)3;1-2/h5-8,11,14H,4,9-10H2,1-3H3;1-2H3. The van der Waals surface area contributed by atoms with Crippen molar-refractivity contribution in [2.45, 2.75) is 40.5 Å². The molecule has 0 saturated heterocycles. The van der Waals surface area contributed by atoms with Crippen LogP contribution < -0.4 is 10.1 Å². The van der Waals surface area contributed by atoms with Gasteiger partial charge in [0.15, 0.2) is 0 Å². The lowest BCUT2D eigenvalue weighted by Gasteiger charge is -2.08. The van der Waals surface area contributed by atoms with E-state index in [9.17, 15) is 0 Å². The summed E-state index contributed by atoms with van der Waals surface area (Å²) in [7, 11) is 0. The van der Waals surface area contributed by atoms with Crippen molar-refractivity contribution in [3.8, 4) is 5.75 Å². The van der Waals surface area contributed by atoms with Crippen molar-refractivity contribution in [2.75, 3.05) is 19.7 Å². The van der Waals surface area contributed by atoms with E-state index in [1.54, 1.807) is 0 Å². The monoisotopic (exact) mass is 237 g/mol. The Morgan fingerprint density at radius 3 is 2.18 bits per heavy atom. The fourth-order valence-electron chi connectivity index (χ4n) is 1.37. The SMILES string of the molecule is CC.CCNCCOc1ccc(C(C)C)cc1. The molecule has 2 heteroatoms. The van der Waals surface area contributed by atoms with Gasteiger partial charge in [0.2, 0.25) is 0 Å². The summed E-state index contributed by atoms with van der Waals surface area (Å²) in [6.07, 6.45) is 0. The number of nitrogens with one attached hydrogen (secondary N) is 1. The summed E-state index contributed by atoms with van der Waals surface area (Å²) >= 11 is 0. The maximum absolute atomic E-state index is 5.58. The zero-order chi connectivity index (χ0) is 13.1. The molecule has 0 aromatic heterocycles. The molecule has 2 nitrogen and oxygen atoms in total. The van der Waals surface area contributed by atoms with Crippen LogP contribution in [0.2, 0.25) is 0 Å². The second kappa shape index (κ2) is 10.2. The van der Waals surface area contributed by atoms with Gasteiger partial charge in [0.05, 0.1) is 0 Å². The van der Waals surface area contributed by atoms with Crippen molar-refractivity contribution < 1.29 is 4.74 Å². The van der Waals surface area contributed by atoms with Gasteiger partial charge in [0, 0.05) is 6.54 Å². The van der Waals surface area contributed by atoms with Crippen LogP contribution in [0.5, 0.6) is 5.75 Å². The molecule has 98 valence electrons. The van der Waals surface area contributed by atoms with Crippen LogP contribution in [0.25, 0.3) is 0 Å². The summed E-state index contributed by atoms with van der Waals surface area (Å²) in [5.74, 6) is 1.54. The fraction of sp³-hybridized carbons (Fsp3) is 0.600. The van der Waals surface area contributed by atoms with Crippen LogP contribution in [0, 0.1) is 0 Å². The normalized spacial score (nSPS) is 9.76. The van der Waals surface area contributed by atoms with Gasteiger partial charge in [-0.15, -0.1) is 0 Å². The Balaban J connectivity index is 0.00000121. The molecule has 1 aromatic rings. The molecule has 0 radical (unpaired) electrons. The van der Waals surface area contributed by atoms with Crippen molar-refractivity contribution in [1.29, 1.82) is 0 Å². The largest absolute Gasteiger partial charge is 0.492 e. The molecule has 0 amide bonds. The molecule has 17 heavy (non-hydrogen) atoms. The smallest absolute Gasteiger partial charge is 0.119 e. The summed E-state index contributed by atoms with van der Waals surface area (Å²) in [5.41, 5.74) is 1.36. The highest BCUT2D eigenvalue weighted by atomic mass is 16.5. The molecule has 0 atom stereocenters. The van der Waals surface area contributed by atoms with Crippen molar-refractivity contribution in [3.05, 3.63) is 29.8 Å². The van der Waals surface area contributed by atoms with Crippen LogP contribution in [-0.4, -0.2) is 19.7 Å². The molecular formula is C15H27NO. The van der Waals surface area contributed by atoms with E-state index >= 15 is 0 Å². The number of ether oxygens (including phenoxy) is 1.